The molecule has 4 nitrogen and oxygen atoms in total. The van der Waals surface area contributed by atoms with Crippen LogP contribution in [-0.2, 0) is 4.79 Å². The van der Waals surface area contributed by atoms with Gasteiger partial charge in [0.05, 0.1) is 6.54 Å². The normalized spacial score (nSPS) is 12.9. The predicted molar refractivity (Wildman–Crippen MR) is 39.1 cm³/mol. The molecule has 0 aromatic carbocycles. The summed E-state index contributed by atoms with van der Waals surface area (Å²) in [4.78, 5) is 13.5. The van der Waals surface area contributed by atoms with Gasteiger partial charge in [0.15, 0.2) is 0 Å². The molecule has 0 aliphatic carbocycles. The second-order valence-electron chi connectivity index (χ2n) is 2.21. The highest BCUT2D eigenvalue weighted by atomic mass is 19.4. The fourth-order valence-corrected chi connectivity index (χ4v) is 0.697. The third-order valence-corrected chi connectivity index (χ3v) is 1.31. The first-order valence-corrected chi connectivity index (χ1v) is 3.35. The van der Waals surface area contributed by atoms with Gasteiger partial charge in [0.1, 0.15) is 6.04 Å². The number of aliphatic imine (C=N–C) groups is 1. The number of carbonyl (C=O) groups is 1. The lowest BCUT2D eigenvalue weighted by atomic mass is 10.2. The van der Waals surface area contributed by atoms with E-state index in [0.29, 0.717) is 0 Å². The first-order chi connectivity index (χ1) is 5.57. The lowest BCUT2D eigenvalue weighted by molar-refractivity contribution is -0.154. The van der Waals surface area contributed by atoms with Crippen molar-refractivity contribution in [3.63, 3.8) is 0 Å². The fourth-order valence-electron chi connectivity index (χ4n) is 0.697. The third-order valence-electron chi connectivity index (χ3n) is 1.31. The van der Waals surface area contributed by atoms with Crippen LogP contribution in [0, 0.1) is 0 Å². The van der Waals surface area contributed by atoms with E-state index in [1.165, 1.54) is 0 Å². The molecule has 0 saturated carbocycles. The van der Waals surface area contributed by atoms with Gasteiger partial charge in [-0.1, -0.05) is 0 Å². The van der Waals surface area contributed by atoms with E-state index in [1.807, 2.05) is 0 Å². The zero-order chi connectivity index (χ0) is 9.56. The van der Waals surface area contributed by atoms with Crippen LogP contribution in [0.2, 0.25) is 0 Å². The predicted octanol–water partition coefficient (Wildman–Crippen LogP) is 0.991. The molecule has 12 heavy (non-hydrogen) atoms. The molecule has 6 heteroatoms. The van der Waals surface area contributed by atoms with Crippen LogP contribution in [0.1, 0.15) is 12.8 Å². The van der Waals surface area contributed by atoms with Gasteiger partial charge in [0.2, 0.25) is 0 Å². The van der Waals surface area contributed by atoms with Crippen LogP contribution in [0.4, 0.5) is 8.96 Å². The van der Waals surface area contributed by atoms with Gasteiger partial charge in [-0.3, -0.25) is 4.99 Å². The number of aliphatic carboxylic acids is 1. The van der Waals surface area contributed by atoms with Crippen molar-refractivity contribution in [2.45, 2.75) is 18.9 Å². The lowest BCUT2D eigenvalue weighted by Crippen LogP contribution is -2.18. The van der Waals surface area contributed by atoms with Crippen molar-refractivity contribution >= 4 is 12.7 Å². The van der Waals surface area contributed by atoms with E-state index in [4.69, 9.17) is 5.11 Å². The van der Waals surface area contributed by atoms with Crippen LogP contribution in [0.3, 0.4) is 0 Å². The van der Waals surface area contributed by atoms with Crippen LogP contribution < -0.4 is 0 Å². The quantitative estimate of drug-likeness (QED) is 0.490. The van der Waals surface area contributed by atoms with E-state index in [1.54, 1.807) is 0 Å². The van der Waals surface area contributed by atoms with Crippen molar-refractivity contribution in [3.8, 4) is 0 Å². The van der Waals surface area contributed by atoms with Crippen LogP contribution in [0.15, 0.2) is 4.99 Å². The standard InChI is InChI=1S/C6H10F2N2O2/c1-9-5(6(11)12)3-2-4-10(7)8/h5H,1-4H2,(H,11,12)/t5-/m0/s1. The minimum absolute atomic E-state index is 0.0863. The van der Waals surface area contributed by atoms with Crippen molar-refractivity contribution in [3.05, 3.63) is 0 Å². The van der Waals surface area contributed by atoms with E-state index in [9.17, 15) is 13.8 Å². The Hall–Kier alpha value is -1.04. The van der Waals surface area contributed by atoms with Crippen LogP contribution >= 0.6 is 0 Å². The van der Waals surface area contributed by atoms with E-state index >= 15 is 0 Å². The summed E-state index contributed by atoms with van der Waals surface area (Å²) in [6.07, 6.45) is 0.173. The largest absolute Gasteiger partial charge is 0.480 e. The fraction of sp³-hybridized carbons (Fsp3) is 0.667. The maximum absolute atomic E-state index is 11.4. The molecule has 0 spiro atoms. The summed E-state index contributed by atoms with van der Waals surface area (Å²) in [7, 11) is 0. The Bertz CT molecular complexity index is 164. The van der Waals surface area contributed by atoms with Crippen LogP contribution in [0.5, 0.6) is 0 Å². The number of halogens is 2. The Morgan fingerprint density at radius 1 is 1.67 bits per heavy atom. The van der Waals surface area contributed by atoms with Gasteiger partial charge in [0, 0.05) is 5.34 Å². The molecule has 0 aliphatic rings. The second-order valence-corrected chi connectivity index (χ2v) is 2.21. The molecule has 0 saturated heterocycles. The number of rotatable bonds is 6. The first-order valence-electron chi connectivity index (χ1n) is 3.35. The van der Waals surface area contributed by atoms with Crippen molar-refractivity contribution in [2.24, 2.45) is 4.99 Å². The Morgan fingerprint density at radius 3 is 2.58 bits per heavy atom. The van der Waals surface area contributed by atoms with Gasteiger partial charge < -0.3 is 5.11 Å². The minimum atomic E-state index is -1.13. The first kappa shape index (κ1) is 11.0. The molecule has 1 N–H and O–H groups in total. The zero-order valence-corrected chi connectivity index (χ0v) is 6.41. The molecule has 0 aromatic rings. The third kappa shape index (κ3) is 4.73. The number of nitrogens with zero attached hydrogens (tertiary/aromatic N) is 2. The number of hydrogen-bond donors (Lipinski definition) is 1. The minimum Gasteiger partial charge on any atom is -0.480 e. The molecule has 0 heterocycles. The van der Waals surface area contributed by atoms with E-state index in [-0.39, 0.29) is 12.8 Å². The summed E-state index contributed by atoms with van der Waals surface area (Å²) in [5.74, 6) is -1.13. The molecule has 0 aromatic heterocycles. The van der Waals surface area contributed by atoms with Crippen molar-refractivity contribution in [1.82, 2.24) is 5.34 Å². The van der Waals surface area contributed by atoms with Gasteiger partial charge in [0.25, 0.3) is 0 Å². The zero-order valence-electron chi connectivity index (χ0n) is 6.41. The van der Waals surface area contributed by atoms with Gasteiger partial charge >= 0.3 is 5.97 Å². The Balaban J connectivity index is 3.59. The number of carboxylic acids is 1. The maximum Gasteiger partial charge on any atom is 0.328 e. The smallest absolute Gasteiger partial charge is 0.328 e. The van der Waals surface area contributed by atoms with Gasteiger partial charge in [-0.15, -0.1) is 8.96 Å². The molecule has 70 valence electrons. The van der Waals surface area contributed by atoms with E-state index < -0.39 is 23.9 Å². The van der Waals surface area contributed by atoms with Gasteiger partial charge in [-0.05, 0) is 19.6 Å². The SMILES string of the molecule is C=N[C@@H](CCCN(F)F)C(=O)O. The molecule has 0 amide bonds. The molecule has 1 atom stereocenters. The Morgan fingerprint density at radius 2 is 2.25 bits per heavy atom. The topological polar surface area (TPSA) is 52.9 Å². The molecule has 0 unspecified atom stereocenters. The van der Waals surface area contributed by atoms with E-state index in [0.717, 1.165) is 0 Å². The summed E-state index contributed by atoms with van der Waals surface area (Å²) in [5.41, 5.74) is 0. The highest BCUT2D eigenvalue weighted by Gasteiger charge is 2.14. The summed E-state index contributed by atoms with van der Waals surface area (Å²) in [5, 5.41) is 7.42. The molecule has 0 rings (SSSR count). The number of carboxylic acid groups (broad SMARTS) is 1. The average Bonchev–Trinajstić information content (AvgIpc) is 1.96. The molecular weight excluding hydrogens is 170 g/mol. The molecule has 0 radical (unpaired) electrons. The van der Waals surface area contributed by atoms with Crippen molar-refractivity contribution in [1.29, 1.82) is 0 Å². The van der Waals surface area contributed by atoms with Crippen LogP contribution in [-0.4, -0.2) is 35.7 Å². The summed E-state index contributed by atoms with van der Waals surface area (Å²) < 4.78 is 22.9. The molecule has 0 fully saturated rings. The summed E-state index contributed by atoms with van der Waals surface area (Å²) >= 11 is 0. The highest BCUT2D eigenvalue weighted by molar-refractivity contribution is 5.74. The second kappa shape index (κ2) is 5.59. The Labute approximate surface area is 68.4 Å². The highest BCUT2D eigenvalue weighted by Crippen LogP contribution is 2.03. The lowest BCUT2D eigenvalue weighted by Gasteiger charge is -2.05. The number of hydrogen-bond acceptors (Lipinski definition) is 3. The molecule has 0 bridgehead atoms. The maximum atomic E-state index is 11.4. The monoisotopic (exact) mass is 180 g/mol. The molecular formula is C6H10F2N2O2. The van der Waals surface area contributed by atoms with Crippen LogP contribution in [0.25, 0.3) is 0 Å². The molecule has 0 aliphatic heterocycles. The summed E-state index contributed by atoms with van der Waals surface area (Å²) in [6.45, 7) is 2.60. The average molecular weight is 180 g/mol. The summed E-state index contributed by atoms with van der Waals surface area (Å²) in [6, 6.07) is -0.968. The van der Waals surface area contributed by atoms with Crippen molar-refractivity contribution in [2.75, 3.05) is 6.54 Å². The van der Waals surface area contributed by atoms with Gasteiger partial charge in [-0.2, -0.15) is 0 Å². The van der Waals surface area contributed by atoms with Gasteiger partial charge in [-0.25, -0.2) is 4.79 Å². The Kier molecular flexibility index (Phi) is 5.11. The van der Waals surface area contributed by atoms with Crippen molar-refractivity contribution < 1.29 is 18.9 Å². The van der Waals surface area contributed by atoms with E-state index in [2.05, 4.69) is 11.7 Å².